The quantitative estimate of drug-likeness (QED) is 0.523. The van der Waals surface area contributed by atoms with Gasteiger partial charge >= 0.3 is 0 Å². The van der Waals surface area contributed by atoms with Gasteiger partial charge in [-0.1, -0.05) is 33.6 Å². The van der Waals surface area contributed by atoms with Gasteiger partial charge in [-0.15, -0.1) is 0 Å². The Morgan fingerprint density at radius 2 is 1.91 bits per heavy atom. The standard InChI is InChI=1S/C15H9BrCl2FN3/c1-22(9-4-2-3-8(16)5-9)14-10-6-12(19)11(17)7-13(10)20-15(18)21-14/h2-7H,1H3. The molecule has 1 aromatic heterocycles. The van der Waals surface area contributed by atoms with Gasteiger partial charge in [-0.25, -0.2) is 9.37 Å². The Morgan fingerprint density at radius 3 is 2.64 bits per heavy atom. The Hall–Kier alpha value is -1.43. The van der Waals surface area contributed by atoms with Gasteiger partial charge in [-0.3, -0.25) is 0 Å². The maximum atomic E-state index is 13.8. The third-order valence-corrected chi connectivity index (χ3v) is 4.16. The minimum Gasteiger partial charge on any atom is -0.329 e. The van der Waals surface area contributed by atoms with Crippen molar-refractivity contribution < 1.29 is 4.39 Å². The molecule has 7 heteroatoms. The van der Waals surface area contributed by atoms with Crippen molar-refractivity contribution in [1.29, 1.82) is 0 Å². The topological polar surface area (TPSA) is 29.0 Å². The van der Waals surface area contributed by atoms with Gasteiger partial charge in [0.05, 0.1) is 10.5 Å². The number of benzene rings is 2. The summed E-state index contributed by atoms with van der Waals surface area (Å²) in [6.45, 7) is 0. The fourth-order valence-corrected chi connectivity index (χ4v) is 2.86. The van der Waals surface area contributed by atoms with E-state index in [1.54, 1.807) is 0 Å². The Kier molecular flexibility index (Phi) is 4.21. The molecule has 2 aromatic carbocycles. The molecule has 0 atom stereocenters. The first-order chi connectivity index (χ1) is 10.5. The predicted octanol–water partition coefficient (Wildman–Crippen LogP) is 5.61. The number of halogens is 4. The highest BCUT2D eigenvalue weighted by Crippen LogP contribution is 2.33. The molecular formula is C15H9BrCl2FN3. The molecule has 0 saturated heterocycles. The minimum absolute atomic E-state index is 0.00155. The van der Waals surface area contributed by atoms with Crippen LogP contribution in [0.5, 0.6) is 0 Å². The number of hydrogen-bond donors (Lipinski definition) is 0. The van der Waals surface area contributed by atoms with Gasteiger partial charge in [0.2, 0.25) is 5.28 Å². The zero-order chi connectivity index (χ0) is 15.9. The summed E-state index contributed by atoms with van der Waals surface area (Å²) < 4.78 is 14.7. The van der Waals surface area contributed by atoms with Crippen LogP contribution in [-0.2, 0) is 0 Å². The molecule has 0 bridgehead atoms. The largest absolute Gasteiger partial charge is 0.329 e. The third-order valence-electron chi connectivity index (χ3n) is 3.20. The summed E-state index contributed by atoms with van der Waals surface area (Å²) in [5.41, 5.74) is 1.36. The van der Waals surface area contributed by atoms with Crippen molar-refractivity contribution in [2.75, 3.05) is 11.9 Å². The molecule has 0 fully saturated rings. The maximum Gasteiger partial charge on any atom is 0.224 e. The Bertz CT molecular complexity index is 873. The lowest BCUT2D eigenvalue weighted by Crippen LogP contribution is -2.12. The Labute approximate surface area is 144 Å². The SMILES string of the molecule is CN(c1cccc(Br)c1)c1nc(Cl)nc2cc(Cl)c(F)cc12. The van der Waals surface area contributed by atoms with Gasteiger partial charge in [-0.2, -0.15) is 4.98 Å². The second kappa shape index (κ2) is 5.99. The van der Waals surface area contributed by atoms with Crippen LogP contribution in [0.4, 0.5) is 15.9 Å². The van der Waals surface area contributed by atoms with E-state index >= 15 is 0 Å². The van der Waals surface area contributed by atoms with Gasteiger partial charge < -0.3 is 4.90 Å². The zero-order valence-corrected chi connectivity index (χ0v) is 14.4. The van der Waals surface area contributed by atoms with Gasteiger partial charge in [0.25, 0.3) is 0 Å². The molecule has 0 aliphatic rings. The van der Waals surface area contributed by atoms with E-state index in [4.69, 9.17) is 23.2 Å². The van der Waals surface area contributed by atoms with Crippen molar-refractivity contribution in [2.45, 2.75) is 0 Å². The number of anilines is 2. The lowest BCUT2D eigenvalue weighted by Gasteiger charge is -2.20. The van der Waals surface area contributed by atoms with Crippen LogP contribution in [0.3, 0.4) is 0 Å². The molecular weight excluding hydrogens is 392 g/mol. The maximum absolute atomic E-state index is 13.8. The second-order valence-corrected chi connectivity index (χ2v) is 6.30. The number of nitrogens with zero attached hydrogens (tertiary/aromatic N) is 3. The summed E-state index contributed by atoms with van der Waals surface area (Å²) >= 11 is 15.2. The van der Waals surface area contributed by atoms with E-state index in [1.165, 1.54) is 12.1 Å². The summed E-state index contributed by atoms with van der Waals surface area (Å²) in [5.74, 6) is -0.0207. The van der Waals surface area contributed by atoms with Crippen LogP contribution in [0.15, 0.2) is 40.9 Å². The van der Waals surface area contributed by atoms with Crippen LogP contribution in [0.2, 0.25) is 10.3 Å². The van der Waals surface area contributed by atoms with E-state index in [-0.39, 0.29) is 10.3 Å². The van der Waals surface area contributed by atoms with E-state index in [0.717, 1.165) is 10.2 Å². The van der Waals surface area contributed by atoms with Crippen LogP contribution in [-0.4, -0.2) is 17.0 Å². The summed E-state index contributed by atoms with van der Waals surface area (Å²) in [6, 6.07) is 10.4. The number of rotatable bonds is 2. The first-order valence-electron chi connectivity index (χ1n) is 6.27. The highest BCUT2D eigenvalue weighted by Gasteiger charge is 2.15. The van der Waals surface area contributed by atoms with Gasteiger partial charge in [0.1, 0.15) is 11.6 Å². The molecule has 3 aromatic rings. The van der Waals surface area contributed by atoms with E-state index in [9.17, 15) is 4.39 Å². The highest BCUT2D eigenvalue weighted by molar-refractivity contribution is 9.10. The van der Waals surface area contributed by atoms with E-state index in [2.05, 4.69) is 25.9 Å². The van der Waals surface area contributed by atoms with E-state index in [0.29, 0.717) is 16.7 Å². The van der Waals surface area contributed by atoms with E-state index < -0.39 is 5.82 Å². The van der Waals surface area contributed by atoms with Crippen molar-refractivity contribution in [3.8, 4) is 0 Å². The molecule has 112 valence electrons. The summed E-state index contributed by atoms with van der Waals surface area (Å²) in [5, 5.41) is 0.610. The third kappa shape index (κ3) is 2.89. The first kappa shape index (κ1) is 15.5. The van der Waals surface area contributed by atoms with Crippen LogP contribution < -0.4 is 4.90 Å². The molecule has 1 heterocycles. The second-order valence-electron chi connectivity index (χ2n) is 4.64. The van der Waals surface area contributed by atoms with Crippen LogP contribution in [0.1, 0.15) is 0 Å². The lowest BCUT2D eigenvalue weighted by molar-refractivity contribution is 0.630. The van der Waals surface area contributed by atoms with Crippen molar-refractivity contribution in [3.63, 3.8) is 0 Å². The van der Waals surface area contributed by atoms with Crippen LogP contribution in [0, 0.1) is 5.82 Å². The summed E-state index contributed by atoms with van der Waals surface area (Å²) in [4.78, 5) is 10.1. The first-order valence-corrected chi connectivity index (χ1v) is 7.82. The van der Waals surface area contributed by atoms with Crippen molar-refractivity contribution in [1.82, 2.24) is 9.97 Å². The average Bonchev–Trinajstić information content (AvgIpc) is 2.47. The summed E-state index contributed by atoms with van der Waals surface area (Å²) in [7, 11) is 1.83. The molecule has 0 amide bonds. The zero-order valence-electron chi connectivity index (χ0n) is 11.3. The normalized spacial score (nSPS) is 11.0. The smallest absolute Gasteiger partial charge is 0.224 e. The van der Waals surface area contributed by atoms with Crippen molar-refractivity contribution in [3.05, 3.63) is 57.0 Å². The predicted molar refractivity (Wildman–Crippen MR) is 91.7 cm³/mol. The fourth-order valence-electron chi connectivity index (χ4n) is 2.14. The highest BCUT2D eigenvalue weighted by atomic mass is 79.9. The molecule has 0 unspecified atom stereocenters. The van der Waals surface area contributed by atoms with Crippen molar-refractivity contribution >= 4 is 61.5 Å². The fraction of sp³-hybridized carbons (Fsp3) is 0.0667. The lowest BCUT2D eigenvalue weighted by atomic mass is 10.2. The van der Waals surface area contributed by atoms with Crippen LogP contribution >= 0.6 is 39.1 Å². The molecule has 0 radical (unpaired) electrons. The molecule has 0 aliphatic carbocycles. The Balaban J connectivity index is 2.23. The molecule has 22 heavy (non-hydrogen) atoms. The van der Waals surface area contributed by atoms with Crippen LogP contribution in [0.25, 0.3) is 10.9 Å². The molecule has 0 aliphatic heterocycles. The average molecular weight is 401 g/mol. The molecule has 3 rings (SSSR count). The monoisotopic (exact) mass is 399 g/mol. The number of aromatic nitrogens is 2. The number of hydrogen-bond acceptors (Lipinski definition) is 3. The number of fused-ring (bicyclic) bond motifs is 1. The van der Waals surface area contributed by atoms with E-state index in [1.807, 2.05) is 36.2 Å². The van der Waals surface area contributed by atoms with Crippen molar-refractivity contribution in [2.24, 2.45) is 0 Å². The molecule has 0 saturated carbocycles. The van der Waals surface area contributed by atoms with Gasteiger partial charge in [0.15, 0.2) is 0 Å². The molecule has 0 spiro atoms. The molecule has 3 nitrogen and oxygen atoms in total. The van der Waals surface area contributed by atoms with Gasteiger partial charge in [0, 0.05) is 22.6 Å². The summed E-state index contributed by atoms with van der Waals surface area (Å²) in [6.07, 6.45) is 0. The Morgan fingerprint density at radius 1 is 1.14 bits per heavy atom. The minimum atomic E-state index is -0.524. The van der Waals surface area contributed by atoms with Gasteiger partial charge in [-0.05, 0) is 41.9 Å². The molecule has 0 N–H and O–H groups in total.